The Hall–Kier alpha value is -0.870. The molecule has 0 aromatic rings. The van der Waals surface area contributed by atoms with E-state index in [1.54, 1.807) is 0 Å². The fraction of sp³-hybridized carbons (Fsp3) is 0.812. The summed E-state index contributed by atoms with van der Waals surface area (Å²) in [6, 6.07) is 0. The Morgan fingerprint density at radius 1 is 1.45 bits per heavy atom. The lowest BCUT2D eigenvalue weighted by atomic mass is 9.97. The number of nitrogens with one attached hydrogen (secondary N) is 1. The van der Waals surface area contributed by atoms with Crippen molar-refractivity contribution in [3.63, 3.8) is 0 Å². The molecule has 1 fully saturated rings. The Kier molecular flexibility index (Phi) is 6.05. The second-order valence-electron chi connectivity index (χ2n) is 6.07. The van der Waals surface area contributed by atoms with Gasteiger partial charge in [0.15, 0.2) is 0 Å². The number of carbonyl (C=O) groups excluding carboxylic acids is 1. The number of amides is 1. The van der Waals surface area contributed by atoms with Gasteiger partial charge in [0.1, 0.15) is 0 Å². The third-order valence-electron chi connectivity index (χ3n) is 4.57. The molecule has 2 aliphatic rings. The molecule has 2 rings (SSSR count). The van der Waals surface area contributed by atoms with E-state index in [1.165, 1.54) is 25.0 Å². The van der Waals surface area contributed by atoms with Gasteiger partial charge in [-0.05, 0) is 64.2 Å². The van der Waals surface area contributed by atoms with Gasteiger partial charge in [-0.1, -0.05) is 13.0 Å². The van der Waals surface area contributed by atoms with Crippen LogP contribution in [0.3, 0.4) is 0 Å². The highest BCUT2D eigenvalue weighted by molar-refractivity contribution is 5.79. The van der Waals surface area contributed by atoms with Crippen LogP contribution >= 0.6 is 0 Å². The van der Waals surface area contributed by atoms with Gasteiger partial charge in [-0.2, -0.15) is 0 Å². The van der Waals surface area contributed by atoms with Crippen molar-refractivity contribution in [3.05, 3.63) is 11.8 Å². The summed E-state index contributed by atoms with van der Waals surface area (Å²) < 4.78 is 0. The maximum atomic E-state index is 12.3. The predicted molar refractivity (Wildman–Crippen MR) is 82.4 cm³/mol. The molecule has 0 aromatic carbocycles. The van der Waals surface area contributed by atoms with Crippen LogP contribution in [0.1, 0.15) is 39.0 Å². The molecule has 0 unspecified atom stereocenters. The highest BCUT2D eigenvalue weighted by atomic mass is 16.2. The van der Waals surface area contributed by atoms with Crippen molar-refractivity contribution < 1.29 is 4.79 Å². The largest absolute Gasteiger partial charge is 0.318 e. The van der Waals surface area contributed by atoms with Gasteiger partial charge in [0.2, 0.25) is 5.91 Å². The minimum atomic E-state index is 0.253. The third-order valence-corrected chi connectivity index (χ3v) is 4.57. The topological polar surface area (TPSA) is 35.6 Å². The molecule has 0 saturated carbocycles. The number of allylic oxidation sites excluding steroid dienone is 2. The highest BCUT2D eigenvalue weighted by Gasteiger charge is 2.23. The van der Waals surface area contributed by atoms with Crippen molar-refractivity contribution in [1.29, 1.82) is 0 Å². The van der Waals surface area contributed by atoms with Crippen LogP contribution in [0.15, 0.2) is 11.8 Å². The maximum Gasteiger partial charge on any atom is 0.240 e. The van der Waals surface area contributed by atoms with E-state index < -0.39 is 0 Å². The van der Waals surface area contributed by atoms with Crippen LogP contribution in [0, 0.1) is 5.92 Å². The van der Waals surface area contributed by atoms with Crippen LogP contribution < -0.4 is 5.32 Å². The quantitative estimate of drug-likeness (QED) is 0.806. The minimum absolute atomic E-state index is 0.253. The van der Waals surface area contributed by atoms with Gasteiger partial charge in [0.05, 0.1) is 6.54 Å². The number of nitrogens with zero attached hydrogens (tertiary/aromatic N) is 2. The number of hydrogen-bond donors (Lipinski definition) is 1. The molecule has 1 saturated heterocycles. The van der Waals surface area contributed by atoms with Gasteiger partial charge in [-0.3, -0.25) is 9.69 Å². The average Bonchev–Trinajstić information content (AvgIpc) is 3.00. The van der Waals surface area contributed by atoms with Crippen LogP contribution in [-0.4, -0.2) is 55.5 Å². The average molecular weight is 279 g/mol. The second-order valence-corrected chi connectivity index (χ2v) is 6.07. The molecule has 1 heterocycles. The van der Waals surface area contributed by atoms with E-state index in [2.05, 4.69) is 23.2 Å². The van der Waals surface area contributed by atoms with Gasteiger partial charge in [-0.15, -0.1) is 0 Å². The van der Waals surface area contributed by atoms with E-state index in [0.29, 0.717) is 6.54 Å². The Morgan fingerprint density at radius 2 is 2.20 bits per heavy atom. The van der Waals surface area contributed by atoms with Crippen LogP contribution in [0.4, 0.5) is 0 Å². The van der Waals surface area contributed by atoms with Gasteiger partial charge < -0.3 is 10.2 Å². The van der Waals surface area contributed by atoms with Gasteiger partial charge in [0, 0.05) is 12.7 Å². The monoisotopic (exact) mass is 279 g/mol. The molecule has 0 radical (unpaired) electrons. The number of likely N-dealkylation sites (tertiary alicyclic amines) is 1. The van der Waals surface area contributed by atoms with Gasteiger partial charge >= 0.3 is 0 Å². The molecular weight excluding hydrogens is 250 g/mol. The molecular formula is C16H29N3O. The summed E-state index contributed by atoms with van der Waals surface area (Å²) in [7, 11) is 1.93. The lowest BCUT2D eigenvalue weighted by molar-refractivity contribution is -0.129. The number of rotatable bonds is 6. The van der Waals surface area contributed by atoms with E-state index >= 15 is 0 Å². The van der Waals surface area contributed by atoms with Crippen LogP contribution in [0.2, 0.25) is 0 Å². The van der Waals surface area contributed by atoms with Crippen LogP contribution in [0.25, 0.3) is 0 Å². The SMILES string of the molecule is CCNCC1CCN(CC(=O)N(C)C2=CCCC2)CC1. The first-order valence-corrected chi connectivity index (χ1v) is 8.09. The summed E-state index contributed by atoms with van der Waals surface area (Å²) in [6.07, 6.45) is 8.03. The van der Waals surface area contributed by atoms with Gasteiger partial charge in [0.25, 0.3) is 0 Å². The summed E-state index contributed by atoms with van der Waals surface area (Å²) >= 11 is 0. The smallest absolute Gasteiger partial charge is 0.240 e. The molecule has 0 aromatic heterocycles. The van der Waals surface area contributed by atoms with Crippen molar-refractivity contribution in [2.24, 2.45) is 5.92 Å². The Morgan fingerprint density at radius 3 is 2.80 bits per heavy atom. The predicted octanol–water partition coefficient (Wildman–Crippen LogP) is 1.83. The molecule has 114 valence electrons. The van der Waals surface area contributed by atoms with Crippen molar-refractivity contribution in [2.45, 2.75) is 39.0 Å². The fourth-order valence-corrected chi connectivity index (χ4v) is 3.11. The summed E-state index contributed by atoms with van der Waals surface area (Å²) in [4.78, 5) is 16.5. The third kappa shape index (κ3) is 4.32. The van der Waals surface area contributed by atoms with Crippen molar-refractivity contribution in [3.8, 4) is 0 Å². The summed E-state index contributed by atoms with van der Waals surface area (Å²) in [5.41, 5.74) is 1.22. The molecule has 1 amide bonds. The van der Waals surface area contributed by atoms with E-state index in [1.807, 2.05) is 11.9 Å². The van der Waals surface area contributed by atoms with Crippen LogP contribution in [-0.2, 0) is 4.79 Å². The van der Waals surface area contributed by atoms with E-state index in [9.17, 15) is 4.79 Å². The number of carbonyl (C=O) groups is 1. The molecule has 0 bridgehead atoms. The maximum absolute atomic E-state index is 12.3. The molecule has 1 N–H and O–H groups in total. The normalized spacial score (nSPS) is 21.0. The fourth-order valence-electron chi connectivity index (χ4n) is 3.11. The van der Waals surface area contributed by atoms with E-state index in [4.69, 9.17) is 0 Å². The molecule has 0 spiro atoms. The molecule has 20 heavy (non-hydrogen) atoms. The lowest BCUT2D eigenvalue weighted by Gasteiger charge is -2.32. The molecule has 1 aliphatic heterocycles. The second kappa shape index (κ2) is 7.79. The summed E-state index contributed by atoms with van der Waals surface area (Å²) in [5, 5.41) is 3.43. The van der Waals surface area contributed by atoms with Gasteiger partial charge in [-0.25, -0.2) is 0 Å². The first-order valence-electron chi connectivity index (χ1n) is 8.09. The zero-order valence-electron chi connectivity index (χ0n) is 13.0. The first-order chi connectivity index (χ1) is 9.70. The number of piperidine rings is 1. The number of hydrogen-bond acceptors (Lipinski definition) is 3. The Balaban J connectivity index is 1.70. The zero-order chi connectivity index (χ0) is 14.4. The lowest BCUT2D eigenvalue weighted by Crippen LogP contribution is -2.43. The standard InChI is InChI=1S/C16H29N3O/c1-3-17-12-14-8-10-19(11-9-14)13-16(20)18(2)15-6-4-5-7-15/h6,14,17H,3-5,7-13H2,1-2H3. The zero-order valence-corrected chi connectivity index (χ0v) is 13.0. The number of likely N-dealkylation sites (N-methyl/N-ethyl adjacent to an activating group) is 1. The molecule has 4 heteroatoms. The molecule has 0 atom stereocenters. The van der Waals surface area contributed by atoms with E-state index in [0.717, 1.165) is 44.9 Å². The van der Waals surface area contributed by atoms with Crippen molar-refractivity contribution in [2.75, 3.05) is 39.8 Å². The first kappa shape index (κ1) is 15.5. The summed E-state index contributed by atoms with van der Waals surface area (Å²) in [5.74, 6) is 1.04. The van der Waals surface area contributed by atoms with Crippen molar-refractivity contribution >= 4 is 5.91 Å². The molecule has 4 nitrogen and oxygen atoms in total. The minimum Gasteiger partial charge on any atom is -0.318 e. The highest BCUT2D eigenvalue weighted by Crippen LogP contribution is 2.21. The van der Waals surface area contributed by atoms with Crippen LogP contribution in [0.5, 0.6) is 0 Å². The molecule has 1 aliphatic carbocycles. The Bertz CT molecular complexity index is 346. The summed E-state index contributed by atoms with van der Waals surface area (Å²) in [6.45, 7) is 7.05. The van der Waals surface area contributed by atoms with Crippen molar-refractivity contribution in [1.82, 2.24) is 15.1 Å². The van der Waals surface area contributed by atoms with E-state index in [-0.39, 0.29) is 5.91 Å². The Labute approximate surface area is 123 Å².